The second kappa shape index (κ2) is 5.30. The Morgan fingerprint density at radius 3 is 1.30 bits per heavy atom. The third-order valence-corrected chi connectivity index (χ3v) is 3.59. The lowest BCUT2D eigenvalue weighted by atomic mass is 10.2. The molecule has 0 aromatic heterocycles. The van der Waals surface area contributed by atoms with Crippen molar-refractivity contribution < 1.29 is 40.3 Å². The van der Waals surface area contributed by atoms with E-state index in [0.29, 0.717) is 0 Å². The summed E-state index contributed by atoms with van der Waals surface area (Å²) in [6, 6.07) is 0. The van der Waals surface area contributed by atoms with Crippen LogP contribution < -0.4 is 5.11 Å². The molecule has 0 unspecified atom stereocenters. The van der Waals surface area contributed by atoms with Crippen LogP contribution in [0.15, 0.2) is 0 Å². The van der Waals surface area contributed by atoms with E-state index in [1.54, 1.807) is 0 Å². The molecule has 10 heteroatoms. The van der Waals surface area contributed by atoms with Gasteiger partial charge in [0.15, 0.2) is 0 Å². The molecule has 0 radical (unpaired) electrons. The summed E-state index contributed by atoms with van der Waals surface area (Å²) >= 11 is 0. The number of halogens is 7. The van der Waals surface area contributed by atoms with Crippen molar-refractivity contribution in [1.82, 2.24) is 4.90 Å². The van der Waals surface area contributed by atoms with E-state index in [-0.39, 0.29) is 0 Å². The summed E-state index contributed by atoms with van der Waals surface area (Å²) in [6.07, 6.45) is -12.8. The molecule has 120 valence electrons. The minimum atomic E-state index is -6.52. The first-order valence-corrected chi connectivity index (χ1v) is 5.87. The standard InChI is InChI=1S/C7H15N2.C3F7O/c1-9-5-2-8(3-6-9)4-7-9;4-1(5,2(6,7)8)3(9,10)11/h2-7H2,1H3;/q+1;-1. The highest BCUT2D eigenvalue weighted by atomic mass is 19.4. The highest BCUT2D eigenvalue weighted by Gasteiger charge is 2.67. The third kappa shape index (κ3) is 3.73. The molecule has 3 heterocycles. The molecule has 0 N–H and O–H groups in total. The summed E-state index contributed by atoms with van der Waals surface area (Å²) in [6.45, 7) is 8.20. The molecule has 0 aromatic rings. The second-order valence-electron chi connectivity index (χ2n) is 5.22. The predicted octanol–water partition coefficient (Wildman–Crippen LogP) is 0.899. The van der Waals surface area contributed by atoms with E-state index in [1.807, 2.05) is 0 Å². The molecule has 0 saturated carbocycles. The first-order valence-electron chi connectivity index (χ1n) is 5.87. The van der Waals surface area contributed by atoms with E-state index >= 15 is 0 Å². The minimum Gasteiger partial charge on any atom is -0.793 e. The summed E-state index contributed by atoms with van der Waals surface area (Å²) in [7, 11) is 2.39. The molecule has 3 fully saturated rings. The fourth-order valence-electron chi connectivity index (χ4n) is 1.98. The van der Waals surface area contributed by atoms with Gasteiger partial charge < -0.3 is 9.59 Å². The van der Waals surface area contributed by atoms with Crippen molar-refractivity contribution in [2.75, 3.05) is 46.3 Å². The molecule has 3 aliphatic rings. The van der Waals surface area contributed by atoms with Crippen molar-refractivity contribution in [3.05, 3.63) is 0 Å². The van der Waals surface area contributed by atoms with Gasteiger partial charge >= 0.3 is 12.1 Å². The van der Waals surface area contributed by atoms with Crippen LogP contribution in [-0.4, -0.2) is 73.9 Å². The Morgan fingerprint density at radius 1 is 0.850 bits per heavy atom. The normalized spacial score (nSPS) is 30.8. The van der Waals surface area contributed by atoms with E-state index in [0.717, 1.165) is 0 Å². The largest absolute Gasteiger partial charge is 0.793 e. The maximum atomic E-state index is 11.2. The first-order chi connectivity index (χ1) is 8.79. The number of hydrogen-bond donors (Lipinski definition) is 0. The summed E-state index contributed by atoms with van der Waals surface area (Å²) < 4.78 is 78.5. The van der Waals surface area contributed by atoms with Crippen molar-refractivity contribution in [3.63, 3.8) is 0 Å². The Balaban J connectivity index is 0.000000202. The Labute approximate surface area is 111 Å². The maximum absolute atomic E-state index is 11.2. The summed E-state index contributed by atoms with van der Waals surface area (Å²) in [4.78, 5) is 2.57. The van der Waals surface area contributed by atoms with Crippen LogP contribution in [0.3, 0.4) is 0 Å². The Hall–Kier alpha value is -0.610. The second-order valence-corrected chi connectivity index (χ2v) is 5.22. The zero-order valence-corrected chi connectivity index (χ0v) is 10.7. The number of piperazine rings is 3. The van der Waals surface area contributed by atoms with Crippen molar-refractivity contribution in [2.45, 2.75) is 18.2 Å². The number of fused-ring (bicyclic) bond motifs is 3. The molecule has 3 saturated heterocycles. The lowest BCUT2D eigenvalue weighted by Gasteiger charge is -2.48. The predicted molar refractivity (Wildman–Crippen MR) is 53.2 cm³/mol. The molecule has 0 aromatic carbocycles. The topological polar surface area (TPSA) is 26.3 Å². The molecule has 3 aliphatic heterocycles. The number of rotatable bonds is 1. The number of quaternary nitrogens is 1. The smallest absolute Gasteiger partial charge is 0.458 e. The van der Waals surface area contributed by atoms with Crippen LogP contribution in [0.5, 0.6) is 0 Å². The van der Waals surface area contributed by atoms with Gasteiger partial charge in [-0.25, -0.2) is 8.78 Å². The third-order valence-electron chi connectivity index (χ3n) is 3.59. The molecule has 0 spiro atoms. The maximum Gasteiger partial charge on any atom is 0.458 e. The fraction of sp³-hybridized carbons (Fsp3) is 1.00. The first kappa shape index (κ1) is 17.4. The molecule has 2 bridgehead atoms. The van der Waals surface area contributed by atoms with E-state index < -0.39 is 18.2 Å². The Bertz CT molecular complexity index is 302. The van der Waals surface area contributed by atoms with Crippen LogP contribution >= 0.6 is 0 Å². The molecule has 3 rings (SSSR count). The average molecular weight is 312 g/mol. The van der Waals surface area contributed by atoms with Gasteiger partial charge in [0.1, 0.15) is 0 Å². The van der Waals surface area contributed by atoms with E-state index in [9.17, 15) is 30.7 Å². The quantitative estimate of drug-likeness (QED) is 0.531. The van der Waals surface area contributed by atoms with Crippen molar-refractivity contribution in [1.29, 1.82) is 0 Å². The van der Waals surface area contributed by atoms with E-state index in [4.69, 9.17) is 5.11 Å². The molecule has 3 nitrogen and oxygen atoms in total. The van der Waals surface area contributed by atoms with Crippen molar-refractivity contribution in [2.24, 2.45) is 0 Å². The molecule has 20 heavy (non-hydrogen) atoms. The van der Waals surface area contributed by atoms with Gasteiger partial charge in [-0.15, -0.1) is 0 Å². The summed E-state index contributed by atoms with van der Waals surface area (Å²) in [5.74, 6) is -6.51. The Morgan fingerprint density at radius 2 is 1.20 bits per heavy atom. The van der Waals surface area contributed by atoms with Gasteiger partial charge in [0.2, 0.25) is 0 Å². The minimum absolute atomic E-state index is 1.34. The van der Waals surface area contributed by atoms with Gasteiger partial charge in [0.05, 0.1) is 26.7 Å². The van der Waals surface area contributed by atoms with Crippen LogP contribution in [-0.2, 0) is 0 Å². The van der Waals surface area contributed by atoms with Gasteiger partial charge in [0, 0.05) is 19.6 Å². The Kier molecular flexibility index (Phi) is 4.62. The van der Waals surface area contributed by atoms with Crippen LogP contribution in [0.1, 0.15) is 0 Å². The van der Waals surface area contributed by atoms with Crippen LogP contribution in [0.25, 0.3) is 0 Å². The van der Waals surface area contributed by atoms with Gasteiger partial charge in [-0.1, -0.05) is 0 Å². The monoisotopic (exact) mass is 312 g/mol. The molecular formula is C10H15F7N2O. The van der Waals surface area contributed by atoms with E-state index in [1.165, 1.54) is 43.8 Å². The average Bonchev–Trinajstić information content (AvgIpc) is 2.28. The number of likely N-dealkylation sites (N-methyl/N-ethyl adjacent to an activating group) is 1. The number of hydrogen-bond acceptors (Lipinski definition) is 2. The van der Waals surface area contributed by atoms with Crippen LogP contribution in [0.2, 0.25) is 0 Å². The summed E-state index contributed by atoms with van der Waals surface area (Å²) in [5.41, 5.74) is 0. The van der Waals surface area contributed by atoms with Crippen molar-refractivity contribution in [3.8, 4) is 0 Å². The number of alkyl halides is 7. The van der Waals surface area contributed by atoms with Gasteiger partial charge in [-0.3, -0.25) is 4.90 Å². The van der Waals surface area contributed by atoms with E-state index in [2.05, 4.69) is 11.9 Å². The molecule has 0 aliphatic carbocycles. The lowest BCUT2D eigenvalue weighted by Crippen LogP contribution is -2.65. The highest BCUT2D eigenvalue weighted by Crippen LogP contribution is 2.43. The van der Waals surface area contributed by atoms with Crippen LogP contribution in [0, 0.1) is 0 Å². The van der Waals surface area contributed by atoms with Crippen molar-refractivity contribution >= 4 is 0 Å². The molecule has 0 amide bonds. The zero-order chi connectivity index (χ0) is 15.8. The molecule has 0 atom stereocenters. The lowest BCUT2D eigenvalue weighted by molar-refractivity contribution is -0.922. The zero-order valence-electron chi connectivity index (χ0n) is 10.7. The summed E-state index contributed by atoms with van der Waals surface area (Å²) in [5, 5.41) is 8.97. The fourth-order valence-corrected chi connectivity index (χ4v) is 1.98. The van der Waals surface area contributed by atoms with Gasteiger partial charge in [0.25, 0.3) is 6.11 Å². The highest BCUT2D eigenvalue weighted by molar-refractivity contribution is 4.81. The van der Waals surface area contributed by atoms with Crippen LogP contribution in [0.4, 0.5) is 30.7 Å². The van der Waals surface area contributed by atoms with Gasteiger partial charge in [-0.05, 0) is 0 Å². The molecular weight excluding hydrogens is 297 g/mol. The SMILES string of the molecule is C[N+]12CCN(CC1)CC2.[O-]C(F)(F)C(F)(F)C(F)(F)F. The van der Waals surface area contributed by atoms with Gasteiger partial charge in [-0.2, -0.15) is 22.0 Å². The number of nitrogens with zero attached hydrogens (tertiary/aromatic N) is 2.